The summed E-state index contributed by atoms with van der Waals surface area (Å²) in [5.74, 6) is 0.848. The molecule has 2 aromatic carbocycles. The van der Waals surface area contributed by atoms with Crippen LogP contribution in [0.2, 0.25) is 5.02 Å². The van der Waals surface area contributed by atoms with E-state index in [-0.39, 0.29) is 5.78 Å². The predicted octanol–water partition coefficient (Wildman–Crippen LogP) is 4.06. The molecule has 0 spiro atoms. The lowest BCUT2D eigenvalue weighted by atomic mass is 10.1. The van der Waals surface area contributed by atoms with Crippen molar-refractivity contribution in [2.75, 3.05) is 25.1 Å². The summed E-state index contributed by atoms with van der Waals surface area (Å²) in [6.45, 7) is 3.09. The van der Waals surface area contributed by atoms with Gasteiger partial charge >= 0.3 is 0 Å². The number of likely N-dealkylation sites (N-methyl/N-ethyl adjacent to an activating group) is 1. The number of Topliss-reactive ketones (excluding diaryl/α,β-unsaturated/α-hetero) is 1. The van der Waals surface area contributed by atoms with Gasteiger partial charge in [0.05, 0.1) is 13.7 Å². The first-order valence-electron chi connectivity index (χ1n) is 6.81. The summed E-state index contributed by atoms with van der Waals surface area (Å²) in [6, 6.07) is 14.7. The van der Waals surface area contributed by atoms with Gasteiger partial charge in [-0.05, 0) is 43.3 Å². The van der Waals surface area contributed by atoms with Crippen LogP contribution in [-0.2, 0) is 0 Å². The Morgan fingerprint density at radius 1 is 1.19 bits per heavy atom. The molecule has 2 rings (SSSR count). The highest BCUT2D eigenvalue weighted by molar-refractivity contribution is 6.30. The van der Waals surface area contributed by atoms with E-state index in [4.69, 9.17) is 16.3 Å². The standard InChI is InChI=1S/C17H18ClNO2/c1-3-19(15-5-4-6-16(11-15)21-2)12-17(20)13-7-9-14(18)10-8-13/h4-11H,3,12H2,1-2H3. The van der Waals surface area contributed by atoms with Crippen LogP contribution in [0.3, 0.4) is 0 Å². The second kappa shape index (κ2) is 7.14. The summed E-state index contributed by atoms with van der Waals surface area (Å²) in [5.41, 5.74) is 1.64. The Hall–Kier alpha value is -2.00. The van der Waals surface area contributed by atoms with E-state index in [0.717, 1.165) is 18.0 Å². The number of rotatable bonds is 6. The summed E-state index contributed by atoms with van der Waals surface area (Å²) in [7, 11) is 1.63. The summed E-state index contributed by atoms with van der Waals surface area (Å²) in [5, 5.41) is 0.631. The van der Waals surface area contributed by atoms with Gasteiger partial charge in [-0.1, -0.05) is 17.7 Å². The third kappa shape index (κ3) is 3.99. The molecule has 0 aliphatic rings. The van der Waals surface area contributed by atoms with E-state index in [1.54, 1.807) is 31.4 Å². The average molecular weight is 304 g/mol. The summed E-state index contributed by atoms with van der Waals surface area (Å²) in [4.78, 5) is 14.4. The van der Waals surface area contributed by atoms with Crippen molar-refractivity contribution in [3.63, 3.8) is 0 Å². The summed E-state index contributed by atoms with van der Waals surface area (Å²) >= 11 is 5.84. The van der Waals surface area contributed by atoms with Gasteiger partial charge in [-0.2, -0.15) is 0 Å². The number of benzene rings is 2. The van der Waals surface area contributed by atoms with Crippen molar-refractivity contribution in [3.8, 4) is 5.75 Å². The molecule has 0 radical (unpaired) electrons. The van der Waals surface area contributed by atoms with Gasteiger partial charge in [0.2, 0.25) is 0 Å². The normalized spacial score (nSPS) is 10.2. The van der Waals surface area contributed by atoms with Crippen LogP contribution in [0, 0.1) is 0 Å². The van der Waals surface area contributed by atoms with Crippen molar-refractivity contribution in [1.29, 1.82) is 0 Å². The highest BCUT2D eigenvalue weighted by atomic mass is 35.5. The molecule has 0 fully saturated rings. The van der Waals surface area contributed by atoms with Gasteiger partial charge in [-0.15, -0.1) is 0 Å². The first-order valence-corrected chi connectivity index (χ1v) is 7.19. The zero-order valence-electron chi connectivity index (χ0n) is 12.2. The largest absolute Gasteiger partial charge is 0.497 e. The molecule has 0 unspecified atom stereocenters. The van der Waals surface area contributed by atoms with E-state index in [9.17, 15) is 4.79 Å². The number of halogens is 1. The molecule has 0 aliphatic carbocycles. The Morgan fingerprint density at radius 3 is 2.52 bits per heavy atom. The lowest BCUT2D eigenvalue weighted by Crippen LogP contribution is -2.29. The molecule has 0 N–H and O–H groups in total. The van der Waals surface area contributed by atoms with Crippen LogP contribution in [0.4, 0.5) is 5.69 Å². The van der Waals surface area contributed by atoms with Gasteiger partial charge in [0, 0.05) is 28.9 Å². The fourth-order valence-electron chi connectivity index (χ4n) is 2.09. The molecule has 0 aromatic heterocycles. The number of hydrogen-bond acceptors (Lipinski definition) is 3. The fraction of sp³-hybridized carbons (Fsp3) is 0.235. The number of carbonyl (C=O) groups is 1. The minimum absolute atomic E-state index is 0.0661. The fourth-order valence-corrected chi connectivity index (χ4v) is 2.22. The molecular weight excluding hydrogens is 286 g/mol. The molecule has 4 heteroatoms. The quantitative estimate of drug-likeness (QED) is 0.754. The lowest BCUT2D eigenvalue weighted by molar-refractivity contribution is 0.0999. The molecule has 0 heterocycles. The van der Waals surface area contributed by atoms with Crippen LogP contribution >= 0.6 is 11.6 Å². The third-order valence-electron chi connectivity index (χ3n) is 3.30. The highest BCUT2D eigenvalue weighted by Gasteiger charge is 2.12. The van der Waals surface area contributed by atoms with E-state index in [0.29, 0.717) is 17.1 Å². The van der Waals surface area contributed by atoms with Gasteiger partial charge in [-0.25, -0.2) is 0 Å². The van der Waals surface area contributed by atoms with E-state index in [2.05, 4.69) is 0 Å². The monoisotopic (exact) mass is 303 g/mol. The van der Waals surface area contributed by atoms with E-state index in [1.807, 2.05) is 36.1 Å². The number of anilines is 1. The molecule has 0 saturated carbocycles. The maximum absolute atomic E-state index is 12.3. The van der Waals surface area contributed by atoms with E-state index in [1.165, 1.54) is 0 Å². The Bertz CT molecular complexity index is 610. The average Bonchev–Trinajstić information content (AvgIpc) is 2.53. The molecule has 2 aromatic rings. The Labute approximate surface area is 130 Å². The SMILES string of the molecule is CCN(CC(=O)c1ccc(Cl)cc1)c1cccc(OC)c1. The second-order valence-corrected chi connectivity index (χ2v) is 5.08. The topological polar surface area (TPSA) is 29.5 Å². The smallest absolute Gasteiger partial charge is 0.182 e. The molecular formula is C17H18ClNO2. The third-order valence-corrected chi connectivity index (χ3v) is 3.55. The Morgan fingerprint density at radius 2 is 1.90 bits per heavy atom. The zero-order chi connectivity index (χ0) is 15.2. The van der Waals surface area contributed by atoms with Crippen molar-refractivity contribution >= 4 is 23.1 Å². The van der Waals surface area contributed by atoms with Crippen molar-refractivity contribution in [2.45, 2.75) is 6.92 Å². The van der Waals surface area contributed by atoms with Gasteiger partial charge in [-0.3, -0.25) is 4.79 Å². The van der Waals surface area contributed by atoms with Crippen LogP contribution in [-0.4, -0.2) is 26.0 Å². The summed E-state index contributed by atoms with van der Waals surface area (Å²) < 4.78 is 5.23. The maximum Gasteiger partial charge on any atom is 0.182 e. The minimum Gasteiger partial charge on any atom is -0.497 e. The van der Waals surface area contributed by atoms with Gasteiger partial charge < -0.3 is 9.64 Å². The Kier molecular flexibility index (Phi) is 5.23. The molecule has 0 saturated heterocycles. The number of ketones is 1. The van der Waals surface area contributed by atoms with Crippen LogP contribution in [0.15, 0.2) is 48.5 Å². The number of nitrogens with zero attached hydrogens (tertiary/aromatic N) is 1. The number of ether oxygens (including phenoxy) is 1. The molecule has 21 heavy (non-hydrogen) atoms. The molecule has 0 bridgehead atoms. The molecule has 0 aliphatic heterocycles. The lowest BCUT2D eigenvalue weighted by Gasteiger charge is -2.22. The van der Waals surface area contributed by atoms with Crippen molar-refractivity contribution in [2.24, 2.45) is 0 Å². The highest BCUT2D eigenvalue weighted by Crippen LogP contribution is 2.21. The predicted molar refractivity (Wildman–Crippen MR) is 86.7 cm³/mol. The van der Waals surface area contributed by atoms with Gasteiger partial charge in [0.15, 0.2) is 5.78 Å². The zero-order valence-corrected chi connectivity index (χ0v) is 12.9. The van der Waals surface area contributed by atoms with E-state index < -0.39 is 0 Å². The van der Waals surface area contributed by atoms with Gasteiger partial charge in [0.1, 0.15) is 5.75 Å². The minimum atomic E-state index is 0.0661. The van der Waals surface area contributed by atoms with Gasteiger partial charge in [0.25, 0.3) is 0 Å². The number of carbonyl (C=O) groups excluding carboxylic acids is 1. The van der Waals surface area contributed by atoms with Crippen molar-refractivity contribution in [3.05, 3.63) is 59.1 Å². The summed E-state index contributed by atoms with van der Waals surface area (Å²) in [6.07, 6.45) is 0. The number of methoxy groups -OCH3 is 1. The molecule has 110 valence electrons. The number of hydrogen-bond donors (Lipinski definition) is 0. The van der Waals surface area contributed by atoms with Crippen LogP contribution in [0.5, 0.6) is 5.75 Å². The van der Waals surface area contributed by atoms with Crippen molar-refractivity contribution < 1.29 is 9.53 Å². The molecule has 3 nitrogen and oxygen atoms in total. The Balaban J connectivity index is 2.14. The van der Waals surface area contributed by atoms with E-state index >= 15 is 0 Å². The first-order chi connectivity index (χ1) is 10.1. The van der Waals surface area contributed by atoms with Crippen LogP contribution in [0.1, 0.15) is 17.3 Å². The second-order valence-electron chi connectivity index (χ2n) is 4.65. The molecule has 0 amide bonds. The van der Waals surface area contributed by atoms with Crippen LogP contribution < -0.4 is 9.64 Å². The van der Waals surface area contributed by atoms with Crippen molar-refractivity contribution in [1.82, 2.24) is 0 Å². The van der Waals surface area contributed by atoms with Crippen LogP contribution in [0.25, 0.3) is 0 Å². The molecule has 0 atom stereocenters. The first kappa shape index (κ1) is 15.4. The maximum atomic E-state index is 12.3.